The maximum atomic E-state index is 9.71. The summed E-state index contributed by atoms with van der Waals surface area (Å²) in [4.78, 5) is 0. The Morgan fingerprint density at radius 3 is 2.21 bits per heavy atom. The molecule has 19 heavy (non-hydrogen) atoms. The van der Waals surface area contributed by atoms with E-state index >= 15 is 0 Å². The zero-order chi connectivity index (χ0) is 15.1. The third-order valence-corrected chi connectivity index (χ3v) is 9.78. The van der Waals surface area contributed by atoms with Gasteiger partial charge in [0.1, 0.15) is 7.85 Å². The Kier molecular flexibility index (Phi) is 4.99. The van der Waals surface area contributed by atoms with Crippen molar-refractivity contribution in [2.75, 3.05) is 6.61 Å². The van der Waals surface area contributed by atoms with Crippen molar-refractivity contribution in [1.29, 1.82) is 0 Å². The van der Waals surface area contributed by atoms with Crippen LogP contribution in [-0.4, -0.2) is 45.6 Å². The predicted octanol–water partition coefficient (Wildman–Crippen LogP) is 2.14. The van der Waals surface area contributed by atoms with Crippen molar-refractivity contribution in [2.45, 2.75) is 76.9 Å². The third-order valence-electron chi connectivity index (χ3n) is 5.31. The quantitative estimate of drug-likeness (QED) is 0.805. The molecule has 0 amide bonds. The van der Waals surface area contributed by atoms with Crippen LogP contribution in [0.3, 0.4) is 0 Å². The first-order chi connectivity index (χ1) is 8.50. The molecule has 0 radical (unpaired) electrons. The number of rotatable bonds is 4. The van der Waals surface area contributed by atoms with Crippen LogP contribution in [0.2, 0.25) is 18.1 Å². The fourth-order valence-electron chi connectivity index (χ4n) is 2.66. The fourth-order valence-corrected chi connectivity index (χ4v) is 4.09. The highest BCUT2D eigenvalue weighted by Crippen LogP contribution is 2.44. The lowest BCUT2D eigenvalue weighted by atomic mass is 9.82. The van der Waals surface area contributed by atoms with Crippen LogP contribution >= 0.6 is 0 Å². The van der Waals surface area contributed by atoms with Crippen molar-refractivity contribution in [3.63, 3.8) is 0 Å². The molecule has 0 spiro atoms. The molecule has 1 fully saturated rings. The first-order valence-corrected chi connectivity index (χ1v) is 10.4. The van der Waals surface area contributed by atoms with Crippen molar-refractivity contribution in [2.24, 2.45) is 5.92 Å². The van der Waals surface area contributed by atoms with Crippen LogP contribution < -0.4 is 0 Å². The van der Waals surface area contributed by atoms with Gasteiger partial charge in [0, 0.05) is 11.9 Å². The Labute approximate surface area is 120 Å². The van der Waals surface area contributed by atoms with Gasteiger partial charge in [-0.1, -0.05) is 34.6 Å². The Morgan fingerprint density at radius 2 is 1.89 bits per heavy atom. The maximum Gasteiger partial charge on any atom is 0.192 e. The van der Waals surface area contributed by atoms with Crippen LogP contribution in [0.5, 0.6) is 0 Å². The van der Waals surface area contributed by atoms with E-state index in [0.29, 0.717) is 0 Å². The monoisotopic (exact) mass is 286 g/mol. The minimum Gasteiger partial charge on any atom is -0.412 e. The summed E-state index contributed by atoms with van der Waals surface area (Å²) in [5, 5.41) is 9.91. The molecule has 0 aromatic rings. The standard InChI is InChI=1S/C14H31BO3Si/c1-8-14(9-16)10(2)11(12(15)17-14)18-19(6,7)13(3,4)5/h10-12,16H,8-9,15H2,1-7H3/t10?,11-,12+,14-/m0/s1. The van der Waals surface area contributed by atoms with Crippen molar-refractivity contribution >= 4 is 16.2 Å². The predicted molar refractivity (Wildman–Crippen MR) is 84.8 cm³/mol. The van der Waals surface area contributed by atoms with Gasteiger partial charge < -0.3 is 14.3 Å². The van der Waals surface area contributed by atoms with E-state index in [0.717, 1.165) is 6.42 Å². The van der Waals surface area contributed by atoms with Crippen LogP contribution in [-0.2, 0) is 9.16 Å². The van der Waals surface area contributed by atoms with Gasteiger partial charge in [-0.05, 0) is 24.6 Å². The van der Waals surface area contributed by atoms with Gasteiger partial charge in [-0.2, -0.15) is 0 Å². The normalized spacial score (nSPS) is 36.7. The van der Waals surface area contributed by atoms with Crippen LogP contribution in [0.25, 0.3) is 0 Å². The van der Waals surface area contributed by atoms with Crippen molar-refractivity contribution in [1.82, 2.24) is 0 Å². The largest absolute Gasteiger partial charge is 0.412 e. The summed E-state index contributed by atoms with van der Waals surface area (Å²) in [5.74, 6) is 0.228. The SMILES string of the molecule is B[C@@H]1O[C@@](CC)(CO)C(C)[C@@H]1O[Si](C)(C)C(C)(C)C. The summed E-state index contributed by atoms with van der Waals surface area (Å²) in [5.41, 5.74) is -0.424. The summed E-state index contributed by atoms with van der Waals surface area (Å²) >= 11 is 0. The first kappa shape index (κ1) is 17.2. The second-order valence-corrected chi connectivity index (χ2v) is 12.3. The zero-order valence-electron chi connectivity index (χ0n) is 13.9. The molecule has 112 valence electrons. The summed E-state index contributed by atoms with van der Waals surface area (Å²) in [6.07, 6.45) is 0.916. The van der Waals surface area contributed by atoms with E-state index in [1.54, 1.807) is 0 Å². The zero-order valence-corrected chi connectivity index (χ0v) is 14.9. The molecule has 1 aliphatic rings. The fraction of sp³-hybridized carbons (Fsp3) is 1.00. The Hall–Kier alpha value is 0.162. The molecule has 4 atom stereocenters. The lowest BCUT2D eigenvalue weighted by Crippen LogP contribution is -2.48. The van der Waals surface area contributed by atoms with Crippen molar-refractivity contribution in [3.05, 3.63) is 0 Å². The molecule has 0 bridgehead atoms. The number of aliphatic hydroxyl groups is 1. The third kappa shape index (κ3) is 3.09. The van der Waals surface area contributed by atoms with Gasteiger partial charge in [0.25, 0.3) is 0 Å². The molecular formula is C14H31BO3Si. The molecule has 5 heteroatoms. The minimum atomic E-state index is -1.80. The van der Waals surface area contributed by atoms with Crippen molar-refractivity contribution < 1.29 is 14.3 Å². The van der Waals surface area contributed by atoms with E-state index in [1.165, 1.54) is 0 Å². The lowest BCUT2D eigenvalue weighted by Gasteiger charge is -2.40. The molecule has 3 nitrogen and oxygen atoms in total. The van der Waals surface area contributed by atoms with E-state index in [4.69, 9.17) is 9.16 Å². The number of ether oxygens (including phenoxy) is 1. The molecule has 0 aliphatic carbocycles. The maximum absolute atomic E-state index is 9.71. The molecular weight excluding hydrogens is 255 g/mol. The highest BCUT2D eigenvalue weighted by molar-refractivity contribution is 6.74. The molecule has 1 unspecified atom stereocenters. The Morgan fingerprint density at radius 1 is 1.37 bits per heavy atom. The van der Waals surface area contributed by atoms with Crippen LogP contribution in [0.1, 0.15) is 41.0 Å². The van der Waals surface area contributed by atoms with Gasteiger partial charge in [-0.15, -0.1) is 0 Å². The summed E-state index contributed by atoms with van der Waals surface area (Å²) in [7, 11) is 0.268. The highest BCUT2D eigenvalue weighted by atomic mass is 28.4. The summed E-state index contributed by atoms with van der Waals surface area (Å²) in [6.45, 7) is 15.6. The van der Waals surface area contributed by atoms with Gasteiger partial charge in [0.2, 0.25) is 0 Å². The van der Waals surface area contributed by atoms with Crippen LogP contribution in [0.15, 0.2) is 0 Å². The molecule has 1 saturated heterocycles. The topological polar surface area (TPSA) is 38.7 Å². The first-order valence-electron chi connectivity index (χ1n) is 7.47. The van der Waals surface area contributed by atoms with Gasteiger partial charge in [-0.25, -0.2) is 0 Å². The van der Waals surface area contributed by atoms with Gasteiger partial charge in [0.15, 0.2) is 8.32 Å². The highest BCUT2D eigenvalue weighted by Gasteiger charge is 2.52. The van der Waals surface area contributed by atoms with Crippen LogP contribution in [0.4, 0.5) is 0 Å². The summed E-state index contributed by atoms with van der Waals surface area (Å²) < 4.78 is 12.6. The van der Waals surface area contributed by atoms with E-state index in [2.05, 4.69) is 55.6 Å². The second kappa shape index (κ2) is 5.51. The van der Waals surface area contributed by atoms with E-state index in [1.807, 2.05) is 0 Å². The molecule has 0 aromatic carbocycles. The summed E-state index contributed by atoms with van der Waals surface area (Å²) in [6, 6.07) is 0.0521. The van der Waals surface area contributed by atoms with E-state index in [-0.39, 0.29) is 29.7 Å². The number of hydrogen-bond acceptors (Lipinski definition) is 3. The average molecular weight is 286 g/mol. The minimum absolute atomic E-state index is 0.0521. The van der Waals surface area contributed by atoms with Gasteiger partial charge in [0.05, 0.1) is 18.3 Å². The molecule has 0 saturated carbocycles. The second-order valence-electron chi connectivity index (χ2n) is 7.53. The number of hydrogen-bond donors (Lipinski definition) is 1. The van der Waals surface area contributed by atoms with Crippen LogP contribution in [0, 0.1) is 5.92 Å². The van der Waals surface area contributed by atoms with Crippen molar-refractivity contribution in [3.8, 4) is 0 Å². The molecule has 0 aromatic heterocycles. The number of aliphatic hydroxyl groups excluding tert-OH is 1. The molecule has 1 aliphatic heterocycles. The lowest BCUT2D eigenvalue weighted by molar-refractivity contribution is -0.0709. The Balaban J connectivity index is 2.91. The average Bonchev–Trinajstić information content (AvgIpc) is 2.52. The molecule has 1 rings (SSSR count). The molecule has 1 heterocycles. The Bertz CT molecular complexity index is 310. The van der Waals surface area contributed by atoms with E-state index < -0.39 is 13.9 Å². The smallest absolute Gasteiger partial charge is 0.192 e. The van der Waals surface area contributed by atoms with Gasteiger partial charge >= 0.3 is 0 Å². The van der Waals surface area contributed by atoms with Gasteiger partial charge in [-0.3, -0.25) is 0 Å². The molecule has 1 N–H and O–H groups in total. The van der Waals surface area contributed by atoms with E-state index in [9.17, 15) is 5.11 Å².